The van der Waals surface area contributed by atoms with Gasteiger partial charge in [0.05, 0.1) is 0 Å². The molecule has 0 bridgehead atoms. The van der Waals surface area contributed by atoms with Crippen molar-refractivity contribution in [2.75, 3.05) is 19.6 Å². The van der Waals surface area contributed by atoms with Gasteiger partial charge in [0.15, 0.2) is 0 Å². The third-order valence-electron chi connectivity index (χ3n) is 4.10. The summed E-state index contributed by atoms with van der Waals surface area (Å²) in [5.74, 6) is 1.49. The lowest BCUT2D eigenvalue weighted by atomic mass is 9.94. The summed E-state index contributed by atoms with van der Waals surface area (Å²) in [6, 6.07) is 0. The fourth-order valence-electron chi connectivity index (χ4n) is 2.88. The first kappa shape index (κ1) is 15.0. The average molecular weight is 240 g/mol. The molecular formula is C15H32N2. The summed E-state index contributed by atoms with van der Waals surface area (Å²) in [5, 5.41) is 3.66. The highest BCUT2D eigenvalue weighted by Crippen LogP contribution is 2.48. The van der Waals surface area contributed by atoms with E-state index in [4.69, 9.17) is 5.73 Å². The Morgan fingerprint density at radius 2 is 2.00 bits per heavy atom. The van der Waals surface area contributed by atoms with Crippen LogP contribution in [0.15, 0.2) is 0 Å². The van der Waals surface area contributed by atoms with E-state index in [1.165, 1.54) is 45.1 Å². The highest BCUT2D eigenvalue weighted by atomic mass is 14.9. The molecule has 1 aliphatic carbocycles. The number of hydrogen-bond donors (Lipinski definition) is 2. The minimum Gasteiger partial charge on any atom is -0.330 e. The molecule has 0 unspecified atom stereocenters. The quantitative estimate of drug-likeness (QED) is 0.576. The van der Waals surface area contributed by atoms with E-state index in [9.17, 15) is 0 Å². The predicted octanol–water partition coefficient (Wildman–Crippen LogP) is 3.17. The summed E-state index contributed by atoms with van der Waals surface area (Å²) < 4.78 is 0. The SMILES string of the molecule is CCCC1(CNCC[C@@H](CN)CC(C)C)CC1. The summed E-state index contributed by atoms with van der Waals surface area (Å²) in [6.07, 6.45) is 8.15. The Bertz CT molecular complexity index is 197. The highest BCUT2D eigenvalue weighted by Gasteiger charge is 2.40. The van der Waals surface area contributed by atoms with Crippen LogP contribution in [0.3, 0.4) is 0 Å². The van der Waals surface area contributed by atoms with Crippen molar-refractivity contribution < 1.29 is 0 Å². The molecule has 1 atom stereocenters. The van der Waals surface area contributed by atoms with Gasteiger partial charge in [0.25, 0.3) is 0 Å². The first-order chi connectivity index (χ1) is 8.12. The highest BCUT2D eigenvalue weighted by molar-refractivity contribution is 4.94. The number of hydrogen-bond acceptors (Lipinski definition) is 2. The summed E-state index contributed by atoms with van der Waals surface area (Å²) >= 11 is 0. The summed E-state index contributed by atoms with van der Waals surface area (Å²) in [5.41, 5.74) is 6.51. The van der Waals surface area contributed by atoms with Gasteiger partial charge in [0.2, 0.25) is 0 Å². The second-order valence-electron chi connectivity index (χ2n) is 6.45. The van der Waals surface area contributed by atoms with Gasteiger partial charge >= 0.3 is 0 Å². The molecule has 0 heterocycles. The molecule has 2 heteroatoms. The van der Waals surface area contributed by atoms with Crippen LogP contribution in [0.5, 0.6) is 0 Å². The zero-order valence-corrected chi connectivity index (χ0v) is 12.1. The van der Waals surface area contributed by atoms with Gasteiger partial charge in [-0.3, -0.25) is 0 Å². The van der Waals surface area contributed by atoms with Gasteiger partial charge in [-0.2, -0.15) is 0 Å². The smallest absolute Gasteiger partial charge is 0.000781 e. The number of nitrogens with two attached hydrogens (primary N) is 1. The first-order valence-corrected chi connectivity index (χ1v) is 7.52. The van der Waals surface area contributed by atoms with Gasteiger partial charge in [0, 0.05) is 6.54 Å². The van der Waals surface area contributed by atoms with Crippen LogP contribution in [0.25, 0.3) is 0 Å². The maximum atomic E-state index is 5.82. The van der Waals surface area contributed by atoms with E-state index in [1.807, 2.05) is 0 Å². The third kappa shape index (κ3) is 5.87. The largest absolute Gasteiger partial charge is 0.330 e. The van der Waals surface area contributed by atoms with Crippen molar-refractivity contribution in [3.63, 3.8) is 0 Å². The molecule has 0 aromatic rings. The van der Waals surface area contributed by atoms with Crippen LogP contribution in [0.4, 0.5) is 0 Å². The number of nitrogens with one attached hydrogen (secondary N) is 1. The lowest BCUT2D eigenvalue weighted by Crippen LogP contribution is -2.28. The summed E-state index contributed by atoms with van der Waals surface area (Å²) in [6.45, 7) is 10.1. The Kier molecular flexibility index (Phi) is 6.50. The van der Waals surface area contributed by atoms with Crippen LogP contribution in [0, 0.1) is 17.3 Å². The van der Waals surface area contributed by atoms with E-state index in [2.05, 4.69) is 26.1 Å². The molecule has 1 saturated carbocycles. The molecule has 1 rings (SSSR count). The monoisotopic (exact) mass is 240 g/mol. The average Bonchev–Trinajstić information content (AvgIpc) is 3.03. The maximum absolute atomic E-state index is 5.82. The van der Waals surface area contributed by atoms with E-state index in [-0.39, 0.29) is 0 Å². The standard InChI is InChI=1S/C15H32N2/c1-4-6-15(7-8-15)12-17-9-5-14(11-16)10-13(2)3/h13-14,17H,4-12,16H2,1-3H3/t14-/m1/s1. The summed E-state index contributed by atoms with van der Waals surface area (Å²) in [7, 11) is 0. The van der Waals surface area contributed by atoms with Gasteiger partial charge in [-0.15, -0.1) is 0 Å². The van der Waals surface area contributed by atoms with Crippen LogP contribution in [0.2, 0.25) is 0 Å². The van der Waals surface area contributed by atoms with Crippen molar-refractivity contribution in [2.24, 2.45) is 23.0 Å². The molecule has 0 aromatic carbocycles. The molecule has 0 saturated heterocycles. The van der Waals surface area contributed by atoms with Gasteiger partial charge in [-0.1, -0.05) is 27.2 Å². The van der Waals surface area contributed by atoms with Crippen LogP contribution >= 0.6 is 0 Å². The molecule has 0 aliphatic heterocycles. The molecule has 0 spiro atoms. The molecule has 17 heavy (non-hydrogen) atoms. The van der Waals surface area contributed by atoms with E-state index in [1.54, 1.807) is 0 Å². The van der Waals surface area contributed by atoms with Crippen molar-refractivity contribution in [1.82, 2.24) is 5.32 Å². The van der Waals surface area contributed by atoms with E-state index < -0.39 is 0 Å². The zero-order chi connectivity index (χ0) is 12.7. The maximum Gasteiger partial charge on any atom is 0.000781 e. The zero-order valence-electron chi connectivity index (χ0n) is 12.1. The van der Waals surface area contributed by atoms with E-state index in [0.29, 0.717) is 11.3 Å². The van der Waals surface area contributed by atoms with Crippen molar-refractivity contribution in [3.8, 4) is 0 Å². The van der Waals surface area contributed by atoms with Crippen LogP contribution in [-0.4, -0.2) is 19.6 Å². The van der Waals surface area contributed by atoms with Crippen LogP contribution in [0.1, 0.15) is 59.3 Å². The van der Waals surface area contributed by atoms with Gasteiger partial charge < -0.3 is 11.1 Å². The lowest BCUT2D eigenvalue weighted by molar-refractivity contribution is 0.366. The Hall–Kier alpha value is -0.0800. The van der Waals surface area contributed by atoms with Gasteiger partial charge in [0.1, 0.15) is 0 Å². The minimum atomic E-state index is 0.686. The van der Waals surface area contributed by atoms with Crippen molar-refractivity contribution in [3.05, 3.63) is 0 Å². The molecule has 0 aromatic heterocycles. The fourth-order valence-corrected chi connectivity index (χ4v) is 2.88. The molecule has 0 radical (unpaired) electrons. The van der Waals surface area contributed by atoms with Crippen molar-refractivity contribution >= 4 is 0 Å². The lowest BCUT2D eigenvalue weighted by Gasteiger charge is -2.19. The Labute approximate surface area is 108 Å². The third-order valence-corrected chi connectivity index (χ3v) is 4.10. The second-order valence-corrected chi connectivity index (χ2v) is 6.45. The van der Waals surface area contributed by atoms with Gasteiger partial charge in [-0.05, 0) is 62.4 Å². The molecule has 2 nitrogen and oxygen atoms in total. The van der Waals surface area contributed by atoms with E-state index in [0.717, 1.165) is 19.0 Å². The molecule has 1 fully saturated rings. The molecule has 1 aliphatic rings. The normalized spacial score (nSPS) is 19.6. The van der Waals surface area contributed by atoms with Gasteiger partial charge in [-0.25, -0.2) is 0 Å². The summed E-state index contributed by atoms with van der Waals surface area (Å²) in [4.78, 5) is 0. The minimum absolute atomic E-state index is 0.686. The fraction of sp³-hybridized carbons (Fsp3) is 1.00. The molecule has 3 N–H and O–H groups in total. The Balaban J connectivity index is 2.06. The van der Waals surface area contributed by atoms with Crippen molar-refractivity contribution in [2.45, 2.75) is 59.3 Å². The molecular weight excluding hydrogens is 208 g/mol. The predicted molar refractivity (Wildman–Crippen MR) is 76.1 cm³/mol. The second kappa shape index (κ2) is 7.38. The molecule has 0 amide bonds. The van der Waals surface area contributed by atoms with E-state index >= 15 is 0 Å². The number of rotatable bonds is 10. The Morgan fingerprint density at radius 1 is 1.29 bits per heavy atom. The topological polar surface area (TPSA) is 38.0 Å². The molecule has 102 valence electrons. The Morgan fingerprint density at radius 3 is 2.47 bits per heavy atom. The van der Waals surface area contributed by atoms with Crippen LogP contribution in [-0.2, 0) is 0 Å². The van der Waals surface area contributed by atoms with Crippen molar-refractivity contribution in [1.29, 1.82) is 0 Å². The van der Waals surface area contributed by atoms with Crippen LogP contribution < -0.4 is 11.1 Å². The first-order valence-electron chi connectivity index (χ1n) is 7.52.